The molecule has 0 aliphatic carbocycles. The highest BCUT2D eigenvalue weighted by molar-refractivity contribution is 8.33. The van der Waals surface area contributed by atoms with E-state index >= 15 is 0 Å². The Morgan fingerprint density at radius 2 is 1.36 bits per heavy atom. The molecule has 0 bridgehead atoms. The first-order valence-electron chi connectivity index (χ1n) is 10.0. The average Bonchev–Trinajstić information content (AvgIpc) is 3.00. The summed E-state index contributed by atoms with van der Waals surface area (Å²) in [5, 5.41) is 3.15. The maximum Gasteiger partial charge on any atom is 0.0583 e. The number of fused-ring (bicyclic) bond motifs is 1. The van der Waals surface area contributed by atoms with Gasteiger partial charge in [0.1, 0.15) is 0 Å². The summed E-state index contributed by atoms with van der Waals surface area (Å²) in [6.07, 6.45) is 0. The van der Waals surface area contributed by atoms with E-state index in [1.807, 2.05) is 0 Å². The predicted octanol–water partition coefficient (Wildman–Crippen LogP) is 6.77. The second kappa shape index (κ2) is 8.43. The summed E-state index contributed by atoms with van der Waals surface area (Å²) in [7, 11) is 1.09. The maximum absolute atomic E-state index is 2.57. The predicted molar refractivity (Wildman–Crippen MR) is 123 cm³/mol. The van der Waals surface area contributed by atoms with Crippen molar-refractivity contribution in [2.75, 3.05) is 34.5 Å². The quantitative estimate of drug-likeness (QED) is 0.452. The van der Waals surface area contributed by atoms with Crippen molar-refractivity contribution in [1.29, 1.82) is 0 Å². The molecule has 0 atom stereocenters. The van der Waals surface area contributed by atoms with Crippen LogP contribution in [0.5, 0.6) is 0 Å². The molecular weight excluding hydrogens is 342 g/mol. The summed E-state index contributed by atoms with van der Waals surface area (Å²) in [6, 6.07) is 9.58. The van der Waals surface area contributed by atoms with Gasteiger partial charge in [-0.2, -0.15) is 0 Å². The third kappa shape index (κ3) is 3.64. The van der Waals surface area contributed by atoms with E-state index in [4.69, 9.17) is 0 Å². The Morgan fingerprint density at radius 1 is 0.800 bits per heavy atom. The second-order valence-electron chi connectivity index (χ2n) is 7.04. The van der Waals surface area contributed by atoms with Crippen molar-refractivity contribution in [2.24, 2.45) is 7.05 Å². The third-order valence-corrected chi connectivity index (χ3v) is 15.7. The van der Waals surface area contributed by atoms with Crippen molar-refractivity contribution in [3.8, 4) is 0 Å². The molecule has 25 heavy (non-hydrogen) atoms. The minimum atomic E-state index is -0.689. The number of hydrogen-bond donors (Lipinski definition) is 0. The summed E-state index contributed by atoms with van der Waals surface area (Å²) >= 11 is 0. The topological polar surface area (TPSA) is 4.93 Å². The summed E-state index contributed by atoms with van der Waals surface area (Å²) < 4.78 is 2.52. The molecule has 0 amide bonds. The normalized spacial score (nSPS) is 14.2. The van der Waals surface area contributed by atoms with Gasteiger partial charge in [-0.3, -0.25) is 0 Å². The molecule has 1 heterocycles. The van der Waals surface area contributed by atoms with Crippen molar-refractivity contribution in [3.63, 3.8) is 0 Å². The number of hydrogen-bond acceptors (Lipinski definition) is 0. The standard InChI is InChI=1S/C22H39NS2/c1-8-24(9-2,10-3)18-19-15-14-16-21-20(19)17-22(23(21)7)25(11-4,12-5)13-6/h14-17H,8-13,18H2,1-7H3. The molecule has 0 saturated heterocycles. The van der Waals surface area contributed by atoms with E-state index < -0.39 is 20.1 Å². The fourth-order valence-electron chi connectivity index (χ4n) is 4.24. The van der Waals surface area contributed by atoms with Crippen LogP contribution in [0.2, 0.25) is 0 Å². The summed E-state index contributed by atoms with van der Waals surface area (Å²) in [6.45, 7) is 14.4. The van der Waals surface area contributed by atoms with Crippen LogP contribution in [0.3, 0.4) is 0 Å². The zero-order chi connectivity index (χ0) is 18.7. The number of aryl methyl sites for hydroxylation is 1. The average molecular weight is 382 g/mol. The van der Waals surface area contributed by atoms with Crippen molar-refractivity contribution >= 4 is 31.0 Å². The molecule has 0 saturated carbocycles. The van der Waals surface area contributed by atoms with Crippen LogP contribution in [0.1, 0.15) is 47.1 Å². The summed E-state index contributed by atoms with van der Waals surface area (Å²) in [5.41, 5.74) is 3.04. The monoisotopic (exact) mass is 381 g/mol. The van der Waals surface area contributed by atoms with Crippen LogP contribution < -0.4 is 0 Å². The Bertz CT molecular complexity index is 677. The zero-order valence-corrected chi connectivity index (χ0v) is 19.2. The van der Waals surface area contributed by atoms with Gasteiger partial charge in [-0.05, 0) is 52.2 Å². The van der Waals surface area contributed by atoms with Gasteiger partial charge in [0.05, 0.1) is 5.03 Å². The molecule has 3 heteroatoms. The number of nitrogens with zero attached hydrogens (tertiary/aromatic N) is 1. The van der Waals surface area contributed by atoms with Crippen molar-refractivity contribution in [2.45, 2.75) is 52.3 Å². The smallest absolute Gasteiger partial charge is 0.0583 e. The highest BCUT2D eigenvalue weighted by Gasteiger charge is 2.26. The third-order valence-electron chi connectivity index (χ3n) is 6.53. The van der Waals surface area contributed by atoms with E-state index in [0.717, 1.165) is 0 Å². The van der Waals surface area contributed by atoms with Gasteiger partial charge in [-0.15, -0.1) is 0 Å². The molecule has 0 aliphatic rings. The van der Waals surface area contributed by atoms with E-state index in [9.17, 15) is 0 Å². The molecule has 144 valence electrons. The lowest BCUT2D eigenvalue weighted by molar-refractivity contribution is 0.851. The molecule has 2 aromatic rings. The minimum absolute atomic E-state index is 0.513. The maximum atomic E-state index is 2.57. The molecule has 0 radical (unpaired) electrons. The van der Waals surface area contributed by atoms with Crippen LogP contribution in [-0.2, 0) is 12.8 Å². The molecule has 1 nitrogen and oxygen atoms in total. The van der Waals surface area contributed by atoms with Gasteiger partial charge < -0.3 is 4.57 Å². The first-order valence-corrected chi connectivity index (χ1v) is 14.5. The van der Waals surface area contributed by atoms with Gasteiger partial charge in [0, 0.05) is 23.7 Å². The summed E-state index contributed by atoms with van der Waals surface area (Å²) in [4.78, 5) is 0. The highest BCUT2D eigenvalue weighted by atomic mass is 32.3. The van der Waals surface area contributed by atoms with Crippen LogP contribution >= 0.6 is 20.1 Å². The Kier molecular flexibility index (Phi) is 7.01. The fraction of sp³-hybridized carbons (Fsp3) is 0.636. The molecule has 1 aromatic heterocycles. The number of rotatable bonds is 9. The van der Waals surface area contributed by atoms with E-state index in [2.05, 4.69) is 77.4 Å². The zero-order valence-electron chi connectivity index (χ0n) is 17.5. The Morgan fingerprint density at radius 3 is 1.84 bits per heavy atom. The number of benzene rings is 1. The van der Waals surface area contributed by atoms with Gasteiger partial charge >= 0.3 is 0 Å². The second-order valence-corrected chi connectivity index (χ2v) is 15.7. The Labute approximate surface area is 159 Å². The minimum Gasteiger partial charge on any atom is -0.340 e. The van der Waals surface area contributed by atoms with E-state index in [1.54, 1.807) is 10.6 Å². The van der Waals surface area contributed by atoms with Crippen molar-refractivity contribution in [3.05, 3.63) is 29.8 Å². The fourth-order valence-corrected chi connectivity index (χ4v) is 10.2. The van der Waals surface area contributed by atoms with E-state index in [0.29, 0.717) is 0 Å². The molecule has 2 rings (SSSR count). The van der Waals surface area contributed by atoms with Crippen LogP contribution in [0.4, 0.5) is 0 Å². The highest BCUT2D eigenvalue weighted by Crippen LogP contribution is 2.57. The van der Waals surface area contributed by atoms with Crippen molar-refractivity contribution in [1.82, 2.24) is 4.57 Å². The molecule has 1 aromatic carbocycles. The van der Waals surface area contributed by atoms with Crippen LogP contribution in [0.25, 0.3) is 10.9 Å². The molecule has 0 fully saturated rings. The summed E-state index contributed by atoms with van der Waals surface area (Å²) in [5.74, 6) is 9.25. The van der Waals surface area contributed by atoms with Gasteiger partial charge in [-0.1, -0.05) is 53.7 Å². The van der Waals surface area contributed by atoms with Crippen LogP contribution in [-0.4, -0.2) is 39.1 Å². The Balaban J connectivity index is 2.61. The Hall–Kier alpha value is -0.540. The largest absolute Gasteiger partial charge is 0.340 e. The van der Waals surface area contributed by atoms with Gasteiger partial charge in [-0.25, -0.2) is 20.1 Å². The van der Waals surface area contributed by atoms with E-state index in [1.165, 1.54) is 51.2 Å². The van der Waals surface area contributed by atoms with E-state index in [-0.39, 0.29) is 0 Å². The molecule has 0 aliphatic heterocycles. The first kappa shape index (κ1) is 20.8. The molecular formula is C22H39NS2. The van der Waals surface area contributed by atoms with Gasteiger partial charge in [0.2, 0.25) is 0 Å². The van der Waals surface area contributed by atoms with Gasteiger partial charge in [0.15, 0.2) is 0 Å². The lowest BCUT2D eigenvalue weighted by Crippen LogP contribution is -2.12. The van der Waals surface area contributed by atoms with Crippen LogP contribution in [0, 0.1) is 0 Å². The molecule has 0 N–H and O–H groups in total. The lowest BCUT2D eigenvalue weighted by Gasteiger charge is -2.38. The first-order chi connectivity index (χ1) is 12.0. The molecule has 0 spiro atoms. The van der Waals surface area contributed by atoms with Gasteiger partial charge in [0.25, 0.3) is 0 Å². The van der Waals surface area contributed by atoms with Crippen molar-refractivity contribution < 1.29 is 0 Å². The lowest BCUT2D eigenvalue weighted by atomic mass is 10.1. The molecule has 0 unspecified atom stereocenters. The number of aromatic nitrogens is 1. The van der Waals surface area contributed by atoms with Crippen LogP contribution in [0.15, 0.2) is 29.3 Å². The SMILES string of the molecule is CCS(CC)(CC)Cc1cccc2c1cc(S(CC)(CC)CC)n2C.